The van der Waals surface area contributed by atoms with Crippen LogP contribution < -0.4 is 14.8 Å². The minimum Gasteiger partial charge on any atom is -0.493 e. The number of benzene rings is 2. The largest absolute Gasteiger partial charge is 0.493 e. The molecule has 8 nitrogen and oxygen atoms in total. The van der Waals surface area contributed by atoms with Crippen molar-refractivity contribution in [1.82, 2.24) is 15.1 Å². The third kappa shape index (κ3) is 5.11. The zero-order valence-electron chi connectivity index (χ0n) is 20.4. The van der Waals surface area contributed by atoms with Crippen molar-refractivity contribution in [3.8, 4) is 11.5 Å². The quantitative estimate of drug-likeness (QED) is 0.579. The molecule has 0 bridgehead atoms. The smallest absolute Gasteiger partial charge is 0.254 e. The fourth-order valence-corrected chi connectivity index (χ4v) is 4.88. The van der Waals surface area contributed by atoms with Crippen LogP contribution in [0.25, 0.3) is 0 Å². The second kappa shape index (κ2) is 11.0. The molecule has 2 amide bonds. The summed E-state index contributed by atoms with van der Waals surface area (Å²) in [4.78, 5) is 30.7. The Bertz CT molecular complexity index is 1070. The van der Waals surface area contributed by atoms with Gasteiger partial charge in [-0.3, -0.25) is 14.5 Å². The Hall–Kier alpha value is -3.17. The van der Waals surface area contributed by atoms with Gasteiger partial charge in [-0.1, -0.05) is 18.2 Å². The van der Waals surface area contributed by atoms with Crippen LogP contribution in [0.4, 0.5) is 4.39 Å². The molecule has 0 spiro atoms. The van der Waals surface area contributed by atoms with Crippen LogP contribution in [0.3, 0.4) is 0 Å². The molecule has 1 fully saturated rings. The van der Waals surface area contributed by atoms with Gasteiger partial charge in [-0.2, -0.15) is 0 Å². The summed E-state index contributed by atoms with van der Waals surface area (Å²) < 4.78 is 31.1. The maximum atomic E-state index is 14.9. The highest BCUT2D eigenvalue weighted by Crippen LogP contribution is 2.46. The van der Waals surface area contributed by atoms with E-state index in [1.807, 2.05) is 0 Å². The molecule has 2 aromatic carbocycles. The lowest BCUT2D eigenvalue weighted by Crippen LogP contribution is -2.46. The fraction of sp³-hybridized carbons (Fsp3) is 0.462. The molecule has 35 heavy (non-hydrogen) atoms. The van der Waals surface area contributed by atoms with E-state index in [1.165, 1.54) is 25.2 Å². The monoisotopic (exact) mass is 485 g/mol. The van der Waals surface area contributed by atoms with E-state index in [4.69, 9.17) is 14.2 Å². The number of likely N-dealkylation sites (N-methyl/N-ethyl adjacent to an activating group) is 1. The zero-order chi connectivity index (χ0) is 24.9. The van der Waals surface area contributed by atoms with E-state index in [0.29, 0.717) is 29.2 Å². The lowest BCUT2D eigenvalue weighted by molar-refractivity contribution is -0.124. The van der Waals surface area contributed by atoms with E-state index in [-0.39, 0.29) is 17.4 Å². The van der Waals surface area contributed by atoms with Gasteiger partial charge < -0.3 is 24.4 Å². The van der Waals surface area contributed by atoms with E-state index in [9.17, 15) is 14.0 Å². The van der Waals surface area contributed by atoms with Crippen LogP contribution in [0, 0.1) is 5.82 Å². The van der Waals surface area contributed by atoms with Gasteiger partial charge in [0.05, 0.1) is 39.4 Å². The number of nitrogens with one attached hydrogen (secondary N) is 1. The molecule has 2 aliphatic heterocycles. The number of carbonyl (C=O) groups is 2. The summed E-state index contributed by atoms with van der Waals surface area (Å²) in [6.07, 6.45) is 0.774. The molecule has 0 radical (unpaired) electrons. The SMILES string of the molecule is COc1cc2c(cc1OC)[C@H](C(=O)NCCCN1CCOCC1)[C@H](c1ccccc1F)N(C)C2=O. The van der Waals surface area contributed by atoms with Gasteiger partial charge in [0.2, 0.25) is 5.91 Å². The number of morpholine rings is 1. The summed E-state index contributed by atoms with van der Waals surface area (Å²) in [5, 5.41) is 3.02. The van der Waals surface area contributed by atoms with Crippen LogP contribution in [0.5, 0.6) is 11.5 Å². The van der Waals surface area contributed by atoms with Gasteiger partial charge in [0.1, 0.15) is 5.82 Å². The number of methoxy groups -OCH3 is 2. The predicted octanol–water partition coefficient (Wildman–Crippen LogP) is 2.59. The molecular formula is C26H32FN3O5. The second-order valence-corrected chi connectivity index (χ2v) is 8.75. The van der Waals surface area contributed by atoms with Crippen molar-refractivity contribution in [1.29, 1.82) is 0 Å². The average Bonchev–Trinajstić information content (AvgIpc) is 2.88. The predicted molar refractivity (Wildman–Crippen MR) is 128 cm³/mol. The third-order valence-electron chi connectivity index (χ3n) is 6.73. The van der Waals surface area contributed by atoms with Gasteiger partial charge in [0, 0.05) is 37.8 Å². The van der Waals surface area contributed by atoms with E-state index in [2.05, 4.69) is 10.2 Å². The van der Waals surface area contributed by atoms with Crippen molar-refractivity contribution in [2.24, 2.45) is 0 Å². The lowest BCUT2D eigenvalue weighted by atomic mass is 9.79. The molecular weight excluding hydrogens is 453 g/mol. The summed E-state index contributed by atoms with van der Waals surface area (Å²) >= 11 is 0. The summed E-state index contributed by atoms with van der Waals surface area (Å²) in [6.45, 7) is 4.53. The first-order chi connectivity index (χ1) is 17.0. The van der Waals surface area contributed by atoms with Crippen LogP contribution in [0.15, 0.2) is 36.4 Å². The Balaban J connectivity index is 1.65. The number of hydrogen-bond donors (Lipinski definition) is 1. The number of nitrogens with zero attached hydrogens (tertiary/aromatic N) is 2. The van der Waals surface area contributed by atoms with E-state index in [1.54, 1.807) is 37.4 Å². The highest BCUT2D eigenvalue weighted by molar-refractivity contribution is 6.02. The Morgan fingerprint density at radius 1 is 1.11 bits per heavy atom. The fourth-order valence-electron chi connectivity index (χ4n) is 4.88. The normalized spacial score (nSPS) is 20.3. The highest BCUT2D eigenvalue weighted by atomic mass is 19.1. The van der Waals surface area contributed by atoms with Crippen molar-refractivity contribution in [3.05, 3.63) is 58.9 Å². The van der Waals surface area contributed by atoms with Crippen LogP contribution in [0.2, 0.25) is 0 Å². The number of amides is 2. The second-order valence-electron chi connectivity index (χ2n) is 8.75. The minimum atomic E-state index is -0.826. The number of carbonyl (C=O) groups excluding carboxylic acids is 2. The molecule has 188 valence electrons. The molecule has 0 aromatic heterocycles. The van der Waals surface area contributed by atoms with Crippen molar-refractivity contribution >= 4 is 11.8 Å². The van der Waals surface area contributed by atoms with Gasteiger partial charge in [0.25, 0.3) is 5.91 Å². The number of rotatable bonds is 8. The molecule has 1 N–H and O–H groups in total. The maximum Gasteiger partial charge on any atom is 0.254 e. The van der Waals surface area contributed by atoms with Crippen LogP contribution in [-0.4, -0.2) is 82.3 Å². The van der Waals surface area contributed by atoms with Crippen LogP contribution in [-0.2, 0) is 9.53 Å². The molecule has 2 atom stereocenters. The van der Waals surface area contributed by atoms with E-state index >= 15 is 0 Å². The van der Waals surface area contributed by atoms with Gasteiger partial charge in [-0.15, -0.1) is 0 Å². The molecule has 9 heteroatoms. The number of halogens is 1. The van der Waals surface area contributed by atoms with Crippen molar-refractivity contribution in [3.63, 3.8) is 0 Å². The molecule has 2 aromatic rings. The summed E-state index contributed by atoms with van der Waals surface area (Å²) in [6, 6.07) is 8.69. The topological polar surface area (TPSA) is 80.3 Å². The molecule has 0 unspecified atom stereocenters. The maximum absolute atomic E-state index is 14.9. The van der Waals surface area contributed by atoms with Crippen molar-refractivity contribution in [2.75, 3.05) is 60.7 Å². The first-order valence-corrected chi connectivity index (χ1v) is 11.8. The highest BCUT2D eigenvalue weighted by Gasteiger charge is 2.44. The standard InChI is InChI=1S/C26H32FN3O5/c1-29-24(17-7-4-5-8-20(17)27)23(25(31)28-9-6-10-30-11-13-35-14-12-30)18-15-21(33-2)22(34-3)16-19(18)26(29)32/h4-5,7-8,15-16,23-24H,6,9-14H2,1-3H3,(H,28,31)/t23-,24-/m0/s1. The van der Waals surface area contributed by atoms with Gasteiger partial charge in [0.15, 0.2) is 11.5 Å². The molecule has 2 aliphatic rings. The molecule has 0 saturated carbocycles. The number of hydrogen-bond acceptors (Lipinski definition) is 6. The molecule has 2 heterocycles. The van der Waals surface area contributed by atoms with Crippen molar-refractivity contribution < 1.29 is 28.2 Å². The van der Waals surface area contributed by atoms with Gasteiger partial charge >= 0.3 is 0 Å². The Morgan fingerprint density at radius 2 is 1.80 bits per heavy atom. The molecule has 0 aliphatic carbocycles. The lowest BCUT2D eigenvalue weighted by Gasteiger charge is -2.40. The van der Waals surface area contributed by atoms with E-state index < -0.39 is 17.8 Å². The first kappa shape index (κ1) is 24.9. The molecule has 1 saturated heterocycles. The average molecular weight is 486 g/mol. The van der Waals surface area contributed by atoms with Crippen LogP contribution in [0.1, 0.15) is 39.9 Å². The zero-order valence-corrected chi connectivity index (χ0v) is 20.4. The van der Waals surface area contributed by atoms with E-state index in [0.717, 1.165) is 39.3 Å². The van der Waals surface area contributed by atoms with Gasteiger partial charge in [-0.25, -0.2) is 4.39 Å². The third-order valence-corrected chi connectivity index (χ3v) is 6.73. The molecule has 4 rings (SSSR count). The Morgan fingerprint density at radius 3 is 2.49 bits per heavy atom. The van der Waals surface area contributed by atoms with Crippen molar-refractivity contribution in [2.45, 2.75) is 18.4 Å². The summed E-state index contributed by atoms with van der Waals surface area (Å²) in [5.41, 5.74) is 1.12. The van der Waals surface area contributed by atoms with Gasteiger partial charge in [-0.05, 0) is 36.7 Å². The number of fused-ring (bicyclic) bond motifs is 1. The summed E-state index contributed by atoms with van der Waals surface area (Å²) in [5.74, 6) is -1.08. The first-order valence-electron chi connectivity index (χ1n) is 11.8. The minimum absolute atomic E-state index is 0.270. The number of ether oxygens (including phenoxy) is 3. The Labute approximate surface area is 204 Å². The van der Waals surface area contributed by atoms with Crippen LogP contribution >= 0.6 is 0 Å². The summed E-state index contributed by atoms with van der Waals surface area (Å²) in [7, 11) is 4.58. The Kier molecular flexibility index (Phi) is 7.87.